The Hall–Kier alpha value is -2.34. The van der Waals surface area contributed by atoms with Gasteiger partial charge in [0.15, 0.2) is 0 Å². The number of pyridine rings is 1. The standard InChI is InChI=1S/C23H26ClN3O2/c1-14(28)12-25-13-15-10-22(17-4-2-3-5-18(17)23(15)29)27-20-8-9-26-21-11-16(24)6-7-19(20)21/h6-11,14,25,28-29H,2-5,12-13H2,1H3,(H,26,27)/t14-/m0/s1. The predicted molar refractivity (Wildman–Crippen MR) is 118 cm³/mol. The van der Waals surface area contributed by atoms with Crippen LogP contribution in [0.4, 0.5) is 11.4 Å². The van der Waals surface area contributed by atoms with E-state index in [-0.39, 0.29) is 0 Å². The number of aromatic nitrogens is 1. The fourth-order valence-corrected chi connectivity index (χ4v) is 4.19. The van der Waals surface area contributed by atoms with Gasteiger partial charge >= 0.3 is 0 Å². The lowest BCUT2D eigenvalue weighted by Gasteiger charge is -2.24. The topological polar surface area (TPSA) is 77.4 Å². The second-order valence-corrected chi connectivity index (χ2v) is 8.16. The van der Waals surface area contributed by atoms with Gasteiger partial charge in [-0.1, -0.05) is 11.6 Å². The SMILES string of the molecule is C[C@H](O)CNCc1cc(Nc2ccnc3cc(Cl)ccc23)c2c(c1O)CCCC2. The number of nitrogens with zero attached hydrogens (tertiary/aromatic N) is 1. The van der Waals surface area contributed by atoms with Gasteiger partial charge in [0.2, 0.25) is 0 Å². The number of fused-ring (bicyclic) bond motifs is 2. The van der Waals surface area contributed by atoms with Crippen molar-refractivity contribution in [3.63, 3.8) is 0 Å². The molecule has 4 N–H and O–H groups in total. The van der Waals surface area contributed by atoms with Gasteiger partial charge in [0, 0.05) is 46.6 Å². The molecule has 0 unspecified atom stereocenters. The zero-order chi connectivity index (χ0) is 20.4. The van der Waals surface area contributed by atoms with Crippen molar-refractivity contribution in [3.05, 3.63) is 58.2 Å². The Balaban J connectivity index is 1.73. The van der Waals surface area contributed by atoms with Gasteiger partial charge in [0.05, 0.1) is 11.6 Å². The van der Waals surface area contributed by atoms with Crippen LogP contribution in [0.3, 0.4) is 0 Å². The minimum absolute atomic E-state index is 0.384. The van der Waals surface area contributed by atoms with Crippen LogP contribution >= 0.6 is 11.6 Å². The maximum absolute atomic E-state index is 10.8. The van der Waals surface area contributed by atoms with Gasteiger partial charge in [-0.2, -0.15) is 0 Å². The van der Waals surface area contributed by atoms with E-state index < -0.39 is 6.10 Å². The molecule has 5 nitrogen and oxygen atoms in total. The third-order valence-electron chi connectivity index (χ3n) is 5.43. The first-order valence-corrected chi connectivity index (χ1v) is 10.5. The summed E-state index contributed by atoms with van der Waals surface area (Å²) in [6.45, 7) is 2.73. The Bertz CT molecular complexity index is 1040. The number of phenols is 1. The molecule has 0 bridgehead atoms. The molecule has 1 aliphatic carbocycles. The molecule has 29 heavy (non-hydrogen) atoms. The molecular weight excluding hydrogens is 386 g/mol. The van der Waals surface area contributed by atoms with Crippen molar-refractivity contribution in [2.24, 2.45) is 0 Å². The average molecular weight is 412 g/mol. The molecule has 0 saturated carbocycles. The number of aliphatic hydroxyl groups is 1. The van der Waals surface area contributed by atoms with E-state index in [4.69, 9.17) is 11.6 Å². The van der Waals surface area contributed by atoms with Crippen LogP contribution in [-0.2, 0) is 19.4 Å². The van der Waals surface area contributed by atoms with Crippen LogP contribution in [-0.4, -0.2) is 27.8 Å². The zero-order valence-electron chi connectivity index (χ0n) is 16.5. The Morgan fingerprint density at radius 3 is 2.69 bits per heavy atom. The third kappa shape index (κ3) is 4.32. The molecule has 0 aliphatic heterocycles. The summed E-state index contributed by atoms with van der Waals surface area (Å²) in [5.74, 6) is 0.384. The fourth-order valence-electron chi connectivity index (χ4n) is 4.02. The predicted octanol–water partition coefficient (Wildman–Crippen LogP) is 4.69. The summed E-state index contributed by atoms with van der Waals surface area (Å²) in [5, 5.41) is 28.8. The first-order chi connectivity index (χ1) is 14.0. The van der Waals surface area contributed by atoms with Gasteiger partial charge in [0.25, 0.3) is 0 Å². The summed E-state index contributed by atoms with van der Waals surface area (Å²) in [4.78, 5) is 4.42. The van der Waals surface area contributed by atoms with Gasteiger partial charge in [0.1, 0.15) is 5.75 Å². The molecule has 0 amide bonds. The molecule has 0 saturated heterocycles. The highest BCUT2D eigenvalue weighted by Gasteiger charge is 2.21. The molecular formula is C23H26ClN3O2. The van der Waals surface area contributed by atoms with Gasteiger partial charge in [-0.05, 0) is 74.1 Å². The van der Waals surface area contributed by atoms with Crippen molar-refractivity contribution < 1.29 is 10.2 Å². The number of aliphatic hydroxyl groups excluding tert-OH is 1. The van der Waals surface area contributed by atoms with Crippen LogP contribution in [0.2, 0.25) is 5.02 Å². The molecule has 2 aromatic carbocycles. The number of rotatable bonds is 6. The van der Waals surface area contributed by atoms with E-state index >= 15 is 0 Å². The lowest BCUT2D eigenvalue weighted by atomic mass is 9.87. The van der Waals surface area contributed by atoms with Crippen molar-refractivity contribution in [1.29, 1.82) is 0 Å². The molecule has 4 rings (SSSR count). The second-order valence-electron chi connectivity index (χ2n) is 7.72. The first-order valence-electron chi connectivity index (χ1n) is 10.1. The van der Waals surface area contributed by atoms with Crippen molar-refractivity contribution in [3.8, 4) is 5.75 Å². The molecule has 6 heteroatoms. The normalized spacial score (nSPS) is 14.6. The molecule has 3 aromatic rings. The van der Waals surface area contributed by atoms with Gasteiger partial charge in [-0.3, -0.25) is 4.98 Å². The Morgan fingerprint density at radius 2 is 1.90 bits per heavy atom. The van der Waals surface area contributed by atoms with E-state index in [9.17, 15) is 10.2 Å². The van der Waals surface area contributed by atoms with Crippen LogP contribution in [0, 0.1) is 0 Å². The smallest absolute Gasteiger partial charge is 0.123 e. The molecule has 0 radical (unpaired) electrons. The molecule has 1 aliphatic rings. The van der Waals surface area contributed by atoms with Gasteiger partial charge in [-0.25, -0.2) is 0 Å². The lowest BCUT2D eigenvalue weighted by molar-refractivity contribution is 0.191. The molecule has 1 atom stereocenters. The molecule has 1 heterocycles. The van der Waals surface area contributed by atoms with E-state index in [1.54, 1.807) is 13.1 Å². The number of nitrogens with one attached hydrogen (secondary N) is 2. The van der Waals surface area contributed by atoms with Crippen LogP contribution in [0.1, 0.15) is 36.5 Å². The quantitative estimate of drug-likeness (QED) is 0.443. The molecule has 152 valence electrons. The summed E-state index contributed by atoms with van der Waals surface area (Å²) in [6.07, 6.45) is 5.38. The average Bonchev–Trinajstić information content (AvgIpc) is 2.71. The second kappa shape index (κ2) is 8.57. The maximum Gasteiger partial charge on any atom is 0.123 e. The van der Waals surface area contributed by atoms with Crippen molar-refractivity contribution >= 4 is 33.9 Å². The highest BCUT2D eigenvalue weighted by molar-refractivity contribution is 6.31. The maximum atomic E-state index is 10.8. The van der Waals surface area contributed by atoms with E-state index in [1.807, 2.05) is 30.3 Å². The minimum Gasteiger partial charge on any atom is -0.507 e. The van der Waals surface area contributed by atoms with E-state index in [1.165, 1.54) is 5.56 Å². The lowest BCUT2D eigenvalue weighted by Crippen LogP contribution is -2.24. The summed E-state index contributed by atoms with van der Waals surface area (Å²) in [5.41, 5.74) is 5.90. The van der Waals surface area contributed by atoms with Crippen molar-refractivity contribution in [1.82, 2.24) is 10.3 Å². The number of halogens is 1. The van der Waals surface area contributed by atoms with Gasteiger partial charge in [-0.15, -0.1) is 0 Å². The van der Waals surface area contributed by atoms with Crippen LogP contribution in [0.15, 0.2) is 36.5 Å². The summed E-state index contributed by atoms with van der Waals surface area (Å²) < 4.78 is 0. The summed E-state index contributed by atoms with van der Waals surface area (Å²) >= 11 is 6.12. The van der Waals surface area contributed by atoms with Crippen LogP contribution in [0.25, 0.3) is 10.9 Å². The first kappa shape index (κ1) is 20.0. The zero-order valence-corrected chi connectivity index (χ0v) is 17.3. The number of benzene rings is 2. The molecule has 1 aromatic heterocycles. The van der Waals surface area contributed by atoms with Crippen molar-refractivity contribution in [2.45, 2.75) is 45.3 Å². The van der Waals surface area contributed by atoms with E-state index in [0.29, 0.717) is 23.9 Å². The number of anilines is 2. The third-order valence-corrected chi connectivity index (χ3v) is 5.67. The van der Waals surface area contributed by atoms with Gasteiger partial charge < -0.3 is 20.8 Å². The fraction of sp³-hybridized carbons (Fsp3) is 0.348. The monoisotopic (exact) mass is 411 g/mol. The number of phenolic OH excluding ortho intramolecular Hbond substituents is 1. The van der Waals surface area contributed by atoms with E-state index in [0.717, 1.165) is 59.1 Å². The summed E-state index contributed by atoms with van der Waals surface area (Å²) in [6, 6.07) is 9.69. The Morgan fingerprint density at radius 1 is 1.10 bits per heavy atom. The number of aromatic hydroxyl groups is 1. The highest BCUT2D eigenvalue weighted by atomic mass is 35.5. The van der Waals surface area contributed by atoms with Crippen LogP contribution in [0.5, 0.6) is 5.75 Å². The van der Waals surface area contributed by atoms with Crippen molar-refractivity contribution in [2.75, 3.05) is 11.9 Å². The Labute approximate surface area is 175 Å². The highest BCUT2D eigenvalue weighted by Crippen LogP contribution is 2.39. The molecule has 0 spiro atoms. The van der Waals surface area contributed by atoms with E-state index in [2.05, 4.69) is 15.6 Å². The summed E-state index contributed by atoms with van der Waals surface area (Å²) in [7, 11) is 0. The Kier molecular flexibility index (Phi) is 5.90. The molecule has 0 fully saturated rings. The largest absolute Gasteiger partial charge is 0.507 e. The minimum atomic E-state index is -0.428. The van der Waals surface area contributed by atoms with Crippen LogP contribution < -0.4 is 10.6 Å². The number of hydrogen-bond donors (Lipinski definition) is 4. The number of hydrogen-bond acceptors (Lipinski definition) is 5.